The summed E-state index contributed by atoms with van der Waals surface area (Å²) in [7, 11) is 0. The molecule has 1 fully saturated rings. The van der Waals surface area contributed by atoms with Crippen LogP contribution in [0.1, 0.15) is 30.9 Å². The average Bonchev–Trinajstić information content (AvgIpc) is 2.99. The van der Waals surface area contributed by atoms with Crippen LogP contribution >= 0.6 is 0 Å². The Labute approximate surface area is 164 Å². The van der Waals surface area contributed by atoms with Crippen LogP contribution in [-0.4, -0.2) is 44.7 Å². The maximum absolute atomic E-state index is 12.7. The summed E-state index contributed by atoms with van der Waals surface area (Å²) >= 11 is 0. The van der Waals surface area contributed by atoms with Gasteiger partial charge >= 0.3 is 0 Å². The van der Waals surface area contributed by atoms with E-state index in [1.165, 1.54) is 6.07 Å². The molecule has 1 N–H and O–H groups in total. The van der Waals surface area contributed by atoms with Crippen LogP contribution in [0.3, 0.4) is 0 Å². The summed E-state index contributed by atoms with van der Waals surface area (Å²) in [5, 5.41) is 20.6. The molecule has 28 heavy (non-hydrogen) atoms. The van der Waals surface area contributed by atoms with Crippen LogP contribution in [-0.2, 0) is 6.54 Å². The molecule has 1 aromatic carbocycles. The van der Waals surface area contributed by atoms with Crippen molar-refractivity contribution in [3.05, 3.63) is 51.8 Å². The summed E-state index contributed by atoms with van der Waals surface area (Å²) in [5.74, 6) is 0.749. The van der Waals surface area contributed by atoms with Gasteiger partial charge in [0.2, 0.25) is 0 Å². The van der Waals surface area contributed by atoms with E-state index in [0.717, 1.165) is 42.9 Å². The van der Waals surface area contributed by atoms with Gasteiger partial charge in [0.05, 0.1) is 29.2 Å². The number of aromatic nitrogens is 2. The number of pyridine rings is 1. The van der Waals surface area contributed by atoms with E-state index in [1.807, 2.05) is 28.8 Å². The first kappa shape index (κ1) is 18.7. The Morgan fingerprint density at radius 3 is 2.57 bits per heavy atom. The second-order valence-electron chi connectivity index (χ2n) is 8.05. The topological polar surface area (TPSA) is 73.7 Å². The number of benzene rings is 1. The molecule has 0 aliphatic carbocycles. The van der Waals surface area contributed by atoms with Gasteiger partial charge in [-0.3, -0.25) is 9.20 Å². The number of aliphatic hydroxyl groups is 1. The number of aliphatic hydroxyl groups excluding tert-OH is 1. The predicted octanol–water partition coefficient (Wildman–Crippen LogP) is 2.53. The van der Waals surface area contributed by atoms with Crippen LogP contribution in [0.5, 0.6) is 0 Å². The lowest BCUT2D eigenvalue weighted by Crippen LogP contribution is -2.39. The van der Waals surface area contributed by atoms with Crippen LogP contribution in [0.15, 0.2) is 35.1 Å². The number of hydrogen-bond acceptors (Lipinski definition) is 4. The second kappa shape index (κ2) is 7.42. The zero-order valence-corrected chi connectivity index (χ0v) is 16.4. The highest BCUT2D eigenvalue weighted by Gasteiger charge is 2.22. The third-order valence-corrected chi connectivity index (χ3v) is 5.91. The molecule has 1 atom stereocenters. The van der Waals surface area contributed by atoms with Crippen molar-refractivity contribution in [2.45, 2.75) is 39.3 Å². The molecular formula is C22H26N4O2. The molecule has 1 aliphatic heterocycles. The number of hydrogen-bond donors (Lipinski definition) is 1. The van der Waals surface area contributed by atoms with Gasteiger partial charge < -0.3 is 14.6 Å². The molecule has 4 rings (SSSR count). The van der Waals surface area contributed by atoms with Crippen LogP contribution in [0.25, 0.3) is 16.7 Å². The number of β-amino-alcohol motifs (C(OH)–C–C–N with tert-alkyl or cyclic N) is 1. The summed E-state index contributed by atoms with van der Waals surface area (Å²) in [6, 6.07) is 11.4. The van der Waals surface area contributed by atoms with E-state index in [1.54, 1.807) is 11.3 Å². The normalized spacial score (nSPS) is 17.2. The molecule has 0 spiro atoms. The van der Waals surface area contributed by atoms with Crippen LogP contribution in [0.2, 0.25) is 0 Å². The number of fused-ring (bicyclic) bond motifs is 3. The van der Waals surface area contributed by atoms with Gasteiger partial charge in [-0.15, -0.1) is 0 Å². The summed E-state index contributed by atoms with van der Waals surface area (Å²) in [6.45, 7) is 7.02. The molecule has 0 unspecified atom stereocenters. The lowest BCUT2D eigenvalue weighted by atomic mass is 9.99. The smallest absolute Gasteiger partial charge is 0.257 e. The number of imidazole rings is 1. The number of aryl methyl sites for hydroxylation is 1. The monoisotopic (exact) mass is 378 g/mol. The fourth-order valence-electron chi connectivity index (χ4n) is 4.33. The molecule has 0 saturated carbocycles. The molecular weight excluding hydrogens is 352 g/mol. The third-order valence-electron chi connectivity index (χ3n) is 5.91. The Morgan fingerprint density at radius 1 is 1.21 bits per heavy atom. The van der Waals surface area contributed by atoms with Crippen molar-refractivity contribution < 1.29 is 5.11 Å². The van der Waals surface area contributed by atoms with Crippen molar-refractivity contribution in [3.8, 4) is 6.07 Å². The largest absolute Gasteiger partial charge is 0.390 e. The van der Waals surface area contributed by atoms with Gasteiger partial charge in [-0.05, 0) is 56.5 Å². The maximum atomic E-state index is 12.7. The van der Waals surface area contributed by atoms with Crippen molar-refractivity contribution >= 4 is 16.7 Å². The van der Waals surface area contributed by atoms with E-state index >= 15 is 0 Å². The average molecular weight is 378 g/mol. The molecule has 3 heterocycles. The lowest BCUT2D eigenvalue weighted by Gasteiger charge is -2.31. The van der Waals surface area contributed by atoms with E-state index in [0.29, 0.717) is 29.9 Å². The molecule has 6 nitrogen and oxygen atoms in total. The SMILES string of the molecule is Cc1cc(=O)n2c3ccccc3n(C[C@H](O)CN3CCC(C)CC3)c2c1C#N. The zero-order valence-electron chi connectivity index (χ0n) is 16.4. The minimum atomic E-state index is -0.574. The number of nitriles is 1. The molecule has 1 aliphatic rings. The van der Waals surface area contributed by atoms with Crippen molar-refractivity contribution in [3.63, 3.8) is 0 Å². The fraction of sp³-hybridized carbons (Fsp3) is 0.455. The number of rotatable bonds is 4. The number of para-hydroxylation sites is 2. The molecule has 2 aromatic heterocycles. The molecule has 6 heteroatoms. The predicted molar refractivity (Wildman–Crippen MR) is 109 cm³/mol. The van der Waals surface area contributed by atoms with Gasteiger partial charge in [0.25, 0.3) is 5.56 Å². The quantitative estimate of drug-likeness (QED) is 0.757. The Morgan fingerprint density at radius 2 is 1.89 bits per heavy atom. The van der Waals surface area contributed by atoms with Crippen molar-refractivity contribution in [2.24, 2.45) is 5.92 Å². The Balaban J connectivity index is 1.77. The van der Waals surface area contributed by atoms with Gasteiger partial charge in [0.1, 0.15) is 11.7 Å². The van der Waals surface area contributed by atoms with Crippen LogP contribution < -0.4 is 5.56 Å². The van der Waals surface area contributed by atoms with Gasteiger partial charge in [0, 0.05) is 12.6 Å². The molecule has 0 radical (unpaired) electrons. The number of piperidine rings is 1. The highest BCUT2D eigenvalue weighted by molar-refractivity contribution is 5.84. The Bertz CT molecular complexity index is 1110. The standard InChI is InChI=1S/C22H26N4O2/c1-15-7-9-24(10-8-15)13-17(27)14-25-19-5-3-4-6-20(19)26-21(28)11-16(2)18(12-23)22(25)26/h3-6,11,15,17,27H,7-10,13-14H2,1-2H3/t17-/m1/s1. The fourth-order valence-corrected chi connectivity index (χ4v) is 4.33. The van der Waals surface area contributed by atoms with E-state index in [2.05, 4.69) is 17.9 Å². The molecule has 0 bridgehead atoms. The summed E-state index contributed by atoms with van der Waals surface area (Å²) < 4.78 is 3.52. The summed E-state index contributed by atoms with van der Waals surface area (Å²) in [5.41, 5.74) is 3.18. The van der Waals surface area contributed by atoms with E-state index < -0.39 is 6.10 Å². The van der Waals surface area contributed by atoms with Crippen molar-refractivity contribution in [2.75, 3.05) is 19.6 Å². The number of likely N-dealkylation sites (tertiary alicyclic amines) is 1. The van der Waals surface area contributed by atoms with E-state index in [9.17, 15) is 15.2 Å². The molecule has 1 saturated heterocycles. The highest BCUT2D eigenvalue weighted by Crippen LogP contribution is 2.24. The summed E-state index contributed by atoms with van der Waals surface area (Å²) in [6.07, 6.45) is 1.75. The van der Waals surface area contributed by atoms with E-state index in [4.69, 9.17) is 0 Å². The van der Waals surface area contributed by atoms with Gasteiger partial charge in [-0.2, -0.15) is 5.26 Å². The van der Waals surface area contributed by atoms with Crippen LogP contribution in [0, 0.1) is 24.2 Å². The minimum absolute atomic E-state index is 0.152. The molecule has 0 amide bonds. The first-order chi connectivity index (χ1) is 13.5. The molecule has 3 aromatic rings. The Hall–Kier alpha value is -2.62. The minimum Gasteiger partial charge on any atom is -0.390 e. The van der Waals surface area contributed by atoms with Gasteiger partial charge in [-0.25, -0.2) is 0 Å². The lowest BCUT2D eigenvalue weighted by molar-refractivity contribution is 0.0816. The van der Waals surface area contributed by atoms with Gasteiger partial charge in [0.15, 0.2) is 0 Å². The summed E-state index contributed by atoms with van der Waals surface area (Å²) in [4.78, 5) is 15.0. The van der Waals surface area contributed by atoms with Crippen molar-refractivity contribution in [1.29, 1.82) is 5.26 Å². The van der Waals surface area contributed by atoms with E-state index in [-0.39, 0.29) is 5.56 Å². The molecule has 146 valence electrons. The zero-order chi connectivity index (χ0) is 19.8. The highest BCUT2D eigenvalue weighted by atomic mass is 16.3. The number of nitrogens with zero attached hydrogens (tertiary/aromatic N) is 4. The van der Waals surface area contributed by atoms with Crippen LogP contribution in [0.4, 0.5) is 0 Å². The second-order valence-corrected chi connectivity index (χ2v) is 8.05. The van der Waals surface area contributed by atoms with Crippen molar-refractivity contribution in [1.82, 2.24) is 13.9 Å². The maximum Gasteiger partial charge on any atom is 0.257 e. The first-order valence-corrected chi connectivity index (χ1v) is 9.93. The Kier molecular flexibility index (Phi) is 4.96. The van der Waals surface area contributed by atoms with Gasteiger partial charge in [-0.1, -0.05) is 19.1 Å². The third kappa shape index (κ3) is 3.21. The first-order valence-electron chi connectivity index (χ1n) is 9.93.